The van der Waals surface area contributed by atoms with Gasteiger partial charge < -0.3 is 9.47 Å². The zero-order chi connectivity index (χ0) is 21.8. The topological polar surface area (TPSA) is 72.2 Å². The third kappa shape index (κ3) is 4.60. The van der Waals surface area contributed by atoms with E-state index in [1.165, 1.54) is 18.4 Å². The maximum Gasteiger partial charge on any atom is 0.343 e. The molecule has 1 aromatic heterocycles. The number of esters is 1. The number of nitriles is 1. The quantitative estimate of drug-likeness (QED) is 0.131. The molecule has 0 radical (unpaired) electrons. The lowest BCUT2D eigenvalue weighted by atomic mass is 10.1. The standard InChI is InChI=1S/C24H15IN2O3S/c1-29-20-13-15(11-17(14-26)23-27-19-9-5-6-10-21(19)31-23)12-18(25)22(20)30-24(28)16-7-3-2-4-8-16/h2-13H,1H3/b17-11+. The molecule has 1 heterocycles. The molecule has 0 fully saturated rings. The number of carbonyl (C=O) groups is 1. The number of nitrogens with zero attached hydrogens (tertiary/aromatic N) is 2. The summed E-state index contributed by atoms with van der Waals surface area (Å²) in [6.07, 6.45) is 1.76. The summed E-state index contributed by atoms with van der Waals surface area (Å²) in [5.41, 5.74) is 2.51. The largest absolute Gasteiger partial charge is 0.493 e. The predicted molar refractivity (Wildman–Crippen MR) is 130 cm³/mol. The molecule has 0 amide bonds. The molecule has 7 heteroatoms. The van der Waals surface area contributed by atoms with Crippen LogP contribution < -0.4 is 9.47 Å². The van der Waals surface area contributed by atoms with E-state index in [-0.39, 0.29) is 0 Å². The van der Waals surface area contributed by atoms with Crippen molar-refractivity contribution in [3.63, 3.8) is 0 Å². The number of thiazole rings is 1. The lowest BCUT2D eigenvalue weighted by molar-refractivity contribution is 0.0728. The van der Waals surface area contributed by atoms with Crippen molar-refractivity contribution in [3.05, 3.63) is 86.4 Å². The molecule has 4 aromatic rings. The Labute approximate surface area is 196 Å². The van der Waals surface area contributed by atoms with E-state index in [0.29, 0.717) is 31.2 Å². The van der Waals surface area contributed by atoms with E-state index in [0.717, 1.165) is 15.8 Å². The molecule has 0 aliphatic heterocycles. The van der Waals surface area contributed by atoms with Crippen LogP contribution in [0.1, 0.15) is 20.9 Å². The van der Waals surface area contributed by atoms with E-state index < -0.39 is 5.97 Å². The maximum absolute atomic E-state index is 12.5. The Kier molecular flexibility index (Phi) is 6.30. The Bertz CT molecular complexity index is 1310. The van der Waals surface area contributed by atoms with Crippen LogP contribution in [0.4, 0.5) is 0 Å². The van der Waals surface area contributed by atoms with Gasteiger partial charge in [-0.05, 0) is 70.6 Å². The number of benzene rings is 3. The molecule has 0 saturated heterocycles. The maximum atomic E-state index is 12.5. The Morgan fingerprint density at radius 3 is 2.58 bits per heavy atom. The first-order valence-electron chi connectivity index (χ1n) is 9.21. The molecule has 0 aliphatic carbocycles. The molecule has 0 unspecified atom stereocenters. The number of carbonyl (C=O) groups excluding carboxylic acids is 1. The van der Waals surface area contributed by atoms with Crippen molar-refractivity contribution in [3.8, 4) is 17.6 Å². The number of allylic oxidation sites excluding steroid dienone is 1. The Hall–Kier alpha value is -3.22. The van der Waals surface area contributed by atoms with Crippen molar-refractivity contribution in [2.45, 2.75) is 0 Å². The molecule has 0 aliphatic rings. The van der Waals surface area contributed by atoms with E-state index >= 15 is 0 Å². The minimum Gasteiger partial charge on any atom is -0.493 e. The van der Waals surface area contributed by atoms with E-state index in [1.54, 1.807) is 36.4 Å². The number of ether oxygens (including phenoxy) is 2. The minimum atomic E-state index is -0.465. The fourth-order valence-corrected chi connectivity index (χ4v) is 4.61. The Morgan fingerprint density at radius 1 is 1.13 bits per heavy atom. The van der Waals surface area contributed by atoms with Crippen LogP contribution in [0.25, 0.3) is 21.9 Å². The van der Waals surface area contributed by atoms with Gasteiger partial charge in [0.25, 0.3) is 0 Å². The highest BCUT2D eigenvalue weighted by Crippen LogP contribution is 2.36. The van der Waals surface area contributed by atoms with Crippen LogP contribution >= 0.6 is 33.9 Å². The van der Waals surface area contributed by atoms with Gasteiger partial charge in [0.1, 0.15) is 11.1 Å². The average Bonchev–Trinajstić information content (AvgIpc) is 3.23. The van der Waals surface area contributed by atoms with Crippen LogP contribution in [0.3, 0.4) is 0 Å². The fourth-order valence-electron chi connectivity index (χ4n) is 2.94. The predicted octanol–water partition coefficient (Wildman–Crippen LogP) is 6.19. The summed E-state index contributed by atoms with van der Waals surface area (Å²) in [4.78, 5) is 17.0. The number of rotatable bonds is 5. The fraction of sp³-hybridized carbons (Fsp3) is 0.0417. The van der Waals surface area contributed by atoms with Crippen LogP contribution in [-0.4, -0.2) is 18.1 Å². The van der Waals surface area contributed by atoms with Gasteiger partial charge >= 0.3 is 5.97 Å². The summed E-state index contributed by atoms with van der Waals surface area (Å²) >= 11 is 3.56. The zero-order valence-electron chi connectivity index (χ0n) is 16.3. The highest BCUT2D eigenvalue weighted by atomic mass is 127. The van der Waals surface area contributed by atoms with Gasteiger partial charge in [-0.15, -0.1) is 11.3 Å². The second-order valence-corrected chi connectivity index (χ2v) is 8.64. The second kappa shape index (κ2) is 9.29. The van der Waals surface area contributed by atoms with Gasteiger partial charge in [-0.3, -0.25) is 0 Å². The molecule has 0 atom stereocenters. The van der Waals surface area contributed by atoms with Crippen molar-refractivity contribution in [2.24, 2.45) is 0 Å². The van der Waals surface area contributed by atoms with E-state index in [1.807, 2.05) is 36.4 Å². The van der Waals surface area contributed by atoms with Crippen LogP contribution in [0, 0.1) is 14.9 Å². The molecule has 152 valence electrons. The van der Waals surface area contributed by atoms with E-state index in [2.05, 4.69) is 33.6 Å². The first kappa shape index (κ1) is 21.0. The third-order valence-corrected chi connectivity index (χ3v) is 6.28. The van der Waals surface area contributed by atoms with Gasteiger partial charge in [-0.25, -0.2) is 9.78 Å². The molecule has 0 saturated carbocycles. The van der Waals surface area contributed by atoms with Gasteiger partial charge in [-0.1, -0.05) is 30.3 Å². The zero-order valence-corrected chi connectivity index (χ0v) is 19.3. The normalized spacial score (nSPS) is 11.2. The second-order valence-electron chi connectivity index (χ2n) is 6.45. The number of halogens is 1. The van der Waals surface area contributed by atoms with Crippen molar-refractivity contribution in [1.82, 2.24) is 4.98 Å². The molecule has 0 N–H and O–H groups in total. The van der Waals surface area contributed by atoms with Gasteiger partial charge in [0, 0.05) is 0 Å². The third-order valence-electron chi connectivity index (χ3n) is 4.41. The summed E-state index contributed by atoms with van der Waals surface area (Å²) in [6, 6.07) is 22.3. The van der Waals surface area contributed by atoms with Crippen molar-refractivity contribution in [1.29, 1.82) is 5.26 Å². The van der Waals surface area contributed by atoms with Crippen LogP contribution in [0.5, 0.6) is 11.5 Å². The van der Waals surface area contributed by atoms with Gasteiger partial charge in [0.15, 0.2) is 11.5 Å². The minimum absolute atomic E-state index is 0.340. The summed E-state index contributed by atoms with van der Waals surface area (Å²) in [7, 11) is 1.51. The lowest BCUT2D eigenvalue weighted by Crippen LogP contribution is -2.10. The molecular weight excluding hydrogens is 523 g/mol. The molecule has 0 spiro atoms. The summed E-state index contributed by atoms with van der Waals surface area (Å²) < 4.78 is 12.8. The van der Waals surface area contributed by atoms with Gasteiger partial charge in [0.05, 0.1) is 32.0 Å². The average molecular weight is 538 g/mol. The number of fused-ring (bicyclic) bond motifs is 1. The molecule has 0 bridgehead atoms. The van der Waals surface area contributed by atoms with E-state index in [4.69, 9.17) is 9.47 Å². The summed E-state index contributed by atoms with van der Waals surface area (Å²) in [5.74, 6) is 0.281. The van der Waals surface area contributed by atoms with Crippen LogP contribution in [0.15, 0.2) is 66.7 Å². The molecule has 5 nitrogen and oxygen atoms in total. The molecule has 31 heavy (non-hydrogen) atoms. The van der Waals surface area contributed by atoms with Crippen molar-refractivity contribution in [2.75, 3.05) is 7.11 Å². The number of hydrogen-bond acceptors (Lipinski definition) is 6. The Morgan fingerprint density at radius 2 is 1.87 bits per heavy atom. The molecular formula is C24H15IN2O3S. The van der Waals surface area contributed by atoms with Crippen LogP contribution in [0.2, 0.25) is 0 Å². The van der Waals surface area contributed by atoms with Crippen molar-refractivity contribution < 1.29 is 14.3 Å². The van der Waals surface area contributed by atoms with Crippen molar-refractivity contribution >= 4 is 61.8 Å². The number of aromatic nitrogens is 1. The highest BCUT2D eigenvalue weighted by molar-refractivity contribution is 14.1. The monoisotopic (exact) mass is 538 g/mol. The molecule has 4 rings (SSSR count). The van der Waals surface area contributed by atoms with Gasteiger partial charge in [-0.2, -0.15) is 5.26 Å². The lowest BCUT2D eigenvalue weighted by Gasteiger charge is -2.12. The summed E-state index contributed by atoms with van der Waals surface area (Å²) in [5, 5.41) is 10.4. The molecule has 3 aromatic carbocycles. The highest BCUT2D eigenvalue weighted by Gasteiger charge is 2.17. The van der Waals surface area contributed by atoms with Crippen LogP contribution in [-0.2, 0) is 0 Å². The first-order valence-corrected chi connectivity index (χ1v) is 11.1. The number of para-hydroxylation sites is 1. The number of hydrogen-bond donors (Lipinski definition) is 0. The van der Waals surface area contributed by atoms with Gasteiger partial charge in [0.2, 0.25) is 0 Å². The van der Waals surface area contributed by atoms with E-state index in [9.17, 15) is 10.1 Å². The first-order chi connectivity index (χ1) is 15.1. The SMILES string of the molecule is COc1cc(/C=C(\C#N)c2nc3ccccc3s2)cc(I)c1OC(=O)c1ccccc1. The summed E-state index contributed by atoms with van der Waals surface area (Å²) in [6.45, 7) is 0. The Balaban J connectivity index is 1.68. The number of methoxy groups -OCH3 is 1. The smallest absolute Gasteiger partial charge is 0.343 e.